The van der Waals surface area contributed by atoms with Crippen LogP contribution in [0, 0.1) is 0 Å². The Hall–Kier alpha value is -3.55. The lowest BCUT2D eigenvalue weighted by molar-refractivity contribution is -0.136. The first-order valence-electron chi connectivity index (χ1n) is 9.41. The van der Waals surface area contributed by atoms with Gasteiger partial charge in [0.2, 0.25) is 5.91 Å². The quantitative estimate of drug-likeness (QED) is 0.685. The molecule has 0 aliphatic carbocycles. The van der Waals surface area contributed by atoms with Crippen LogP contribution in [0.25, 0.3) is 11.1 Å². The minimum atomic E-state index is -0.933. The number of ether oxygens (including phenoxy) is 2. The second-order valence-electron chi connectivity index (χ2n) is 6.63. The van der Waals surface area contributed by atoms with Gasteiger partial charge in [-0.05, 0) is 47.9 Å². The zero-order valence-corrected chi connectivity index (χ0v) is 17.5. The molecule has 2 rings (SSSR count). The second kappa shape index (κ2) is 10.3. The van der Waals surface area contributed by atoms with Gasteiger partial charge in [-0.15, -0.1) is 0 Å². The number of hydrogen-bond acceptors (Lipinski definition) is 5. The number of hydrogen-bond donors (Lipinski definition) is 2. The maximum absolute atomic E-state index is 12.0. The zero-order valence-electron chi connectivity index (χ0n) is 17.5. The van der Waals surface area contributed by atoms with E-state index in [1.807, 2.05) is 6.92 Å². The molecule has 2 aromatic rings. The standard InChI is InChI=1S/C22H26N2O6/c1-5-24(14(2)25)13-16-12-17(23-22(28)30-4)7-8-18(16)19-10-15(11-21(26)27)6-9-20(19)29-3/h6-10,12H,5,11,13H2,1-4H3,(H,23,28)(H,26,27). The molecule has 0 saturated heterocycles. The van der Waals surface area contributed by atoms with Gasteiger partial charge in [-0.25, -0.2) is 4.79 Å². The summed E-state index contributed by atoms with van der Waals surface area (Å²) < 4.78 is 10.1. The van der Waals surface area contributed by atoms with Crippen LogP contribution in [0.2, 0.25) is 0 Å². The minimum Gasteiger partial charge on any atom is -0.496 e. The lowest BCUT2D eigenvalue weighted by Gasteiger charge is -2.22. The van der Waals surface area contributed by atoms with Crippen LogP contribution in [0.4, 0.5) is 10.5 Å². The highest BCUT2D eigenvalue weighted by Crippen LogP contribution is 2.35. The van der Waals surface area contributed by atoms with E-state index in [1.54, 1.807) is 41.3 Å². The number of anilines is 1. The van der Waals surface area contributed by atoms with Crippen LogP contribution in [0.5, 0.6) is 5.75 Å². The highest BCUT2D eigenvalue weighted by atomic mass is 16.5. The Morgan fingerprint density at radius 1 is 1.07 bits per heavy atom. The van der Waals surface area contributed by atoms with Crippen molar-refractivity contribution in [3.8, 4) is 16.9 Å². The summed E-state index contributed by atoms with van der Waals surface area (Å²) in [4.78, 5) is 36.4. The smallest absolute Gasteiger partial charge is 0.411 e. The molecule has 0 atom stereocenters. The highest BCUT2D eigenvalue weighted by Gasteiger charge is 2.17. The summed E-state index contributed by atoms with van der Waals surface area (Å²) in [5.41, 5.74) is 3.39. The molecular formula is C22H26N2O6. The molecule has 8 nitrogen and oxygen atoms in total. The Balaban J connectivity index is 2.60. The number of nitrogens with one attached hydrogen (secondary N) is 1. The molecule has 30 heavy (non-hydrogen) atoms. The number of carbonyl (C=O) groups excluding carboxylic acids is 2. The number of carboxylic acid groups (broad SMARTS) is 1. The summed E-state index contributed by atoms with van der Waals surface area (Å²) in [5.74, 6) is -0.441. The topological polar surface area (TPSA) is 105 Å². The average Bonchev–Trinajstić information content (AvgIpc) is 2.71. The van der Waals surface area contributed by atoms with Gasteiger partial charge in [-0.2, -0.15) is 0 Å². The third kappa shape index (κ3) is 5.73. The minimum absolute atomic E-state index is 0.0821. The van der Waals surface area contributed by atoms with Gasteiger partial charge < -0.3 is 19.5 Å². The van der Waals surface area contributed by atoms with Crippen molar-refractivity contribution >= 4 is 23.7 Å². The Labute approximate surface area is 175 Å². The molecule has 0 aromatic heterocycles. The number of rotatable bonds is 8. The van der Waals surface area contributed by atoms with E-state index in [1.165, 1.54) is 21.1 Å². The van der Waals surface area contributed by atoms with E-state index in [2.05, 4.69) is 10.1 Å². The van der Waals surface area contributed by atoms with Gasteiger partial charge in [0.05, 0.1) is 20.6 Å². The van der Waals surface area contributed by atoms with E-state index in [4.69, 9.17) is 9.84 Å². The fourth-order valence-corrected chi connectivity index (χ4v) is 3.14. The van der Waals surface area contributed by atoms with Crippen molar-refractivity contribution < 1.29 is 29.0 Å². The van der Waals surface area contributed by atoms with Gasteiger partial charge in [0.25, 0.3) is 0 Å². The van der Waals surface area contributed by atoms with Gasteiger partial charge >= 0.3 is 12.1 Å². The van der Waals surface area contributed by atoms with Crippen LogP contribution in [-0.4, -0.2) is 48.7 Å². The van der Waals surface area contributed by atoms with Crippen LogP contribution < -0.4 is 10.1 Å². The molecule has 0 fully saturated rings. The molecule has 0 saturated carbocycles. The Morgan fingerprint density at radius 2 is 1.80 bits per heavy atom. The molecule has 0 radical (unpaired) electrons. The molecule has 0 heterocycles. The first kappa shape index (κ1) is 22.7. The van der Waals surface area contributed by atoms with E-state index >= 15 is 0 Å². The van der Waals surface area contributed by atoms with Gasteiger partial charge in [0, 0.05) is 31.3 Å². The molecular weight excluding hydrogens is 388 g/mol. The van der Waals surface area contributed by atoms with Crippen molar-refractivity contribution in [3.63, 3.8) is 0 Å². The molecule has 0 unspecified atom stereocenters. The van der Waals surface area contributed by atoms with E-state index in [0.717, 1.165) is 11.1 Å². The van der Waals surface area contributed by atoms with Crippen molar-refractivity contribution in [3.05, 3.63) is 47.5 Å². The lowest BCUT2D eigenvalue weighted by Crippen LogP contribution is -2.28. The predicted molar refractivity (Wildman–Crippen MR) is 113 cm³/mol. The second-order valence-corrected chi connectivity index (χ2v) is 6.63. The van der Waals surface area contributed by atoms with Crippen LogP contribution in [0.1, 0.15) is 25.0 Å². The largest absolute Gasteiger partial charge is 0.496 e. The molecule has 0 bridgehead atoms. The van der Waals surface area contributed by atoms with Gasteiger partial charge in [0.15, 0.2) is 0 Å². The molecule has 0 aliphatic rings. The van der Waals surface area contributed by atoms with Crippen LogP contribution >= 0.6 is 0 Å². The zero-order chi connectivity index (χ0) is 22.3. The number of aliphatic carboxylic acids is 1. The first-order chi connectivity index (χ1) is 14.3. The van der Waals surface area contributed by atoms with E-state index in [9.17, 15) is 14.4 Å². The van der Waals surface area contributed by atoms with Gasteiger partial charge in [0.1, 0.15) is 5.75 Å². The van der Waals surface area contributed by atoms with Crippen molar-refractivity contribution in [1.82, 2.24) is 4.90 Å². The van der Waals surface area contributed by atoms with Crippen molar-refractivity contribution in [2.24, 2.45) is 0 Å². The first-order valence-corrected chi connectivity index (χ1v) is 9.41. The van der Waals surface area contributed by atoms with E-state index < -0.39 is 12.1 Å². The van der Waals surface area contributed by atoms with Crippen LogP contribution in [0.15, 0.2) is 36.4 Å². The molecule has 160 valence electrons. The van der Waals surface area contributed by atoms with Crippen molar-refractivity contribution in [1.29, 1.82) is 0 Å². The van der Waals surface area contributed by atoms with Crippen LogP contribution in [-0.2, 0) is 27.3 Å². The lowest BCUT2D eigenvalue weighted by atomic mass is 9.95. The van der Waals surface area contributed by atoms with Gasteiger partial charge in [-0.1, -0.05) is 12.1 Å². The molecule has 0 aliphatic heterocycles. The fourth-order valence-electron chi connectivity index (χ4n) is 3.14. The number of amides is 2. The number of carbonyl (C=O) groups is 3. The van der Waals surface area contributed by atoms with Crippen LogP contribution in [0.3, 0.4) is 0 Å². The molecule has 2 N–H and O–H groups in total. The van der Waals surface area contributed by atoms with E-state index in [0.29, 0.717) is 35.7 Å². The summed E-state index contributed by atoms with van der Waals surface area (Å²) in [6.07, 6.45) is -0.725. The Morgan fingerprint density at radius 3 is 2.37 bits per heavy atom. The maximum Gasteiger partial charge on any atom is 0.411 e. The Kier molecular flexibility index (Phi) is 7.80. The number of benzene rings is 2. The molecule has 8 heteroatoms. The normalized spacial score (nSPS) is 10.3. The third-order valence-electron chi connectivity index (χ3n) is 4.63. The predicted octanol–water partition coefficient (Wildman–Crippen LogP) is 3.54. The fraction of sp³-hybridized carbons (Fsp3) is 0.318. The summed E-state index contributed by atoms with van der Waals surface area (Å²) in [6, 6.07) is 10.5. The third-order valence-corrected chi connectivity index (χ3v) is 4.63. The average molecular weight is 414 g/mol. The summed E-state index contributed by atoms with van der Waals surface area (Å²) in [7, 11) is 2.81. The summed E-state index contributed by atoms with van der Waals surface area (Å²) in [5, 5.41) is 11.8. The molecule has 2 amide bonds. The molecule has 2 aromatic carbocycles. The summed E-state index contributed by atoms with van der Waals surface area (Å²) >= 11 is 0. The maximum atomic E-state index is 12.0. The van der Waals surface area contributed by atoms with Gasteiger partial charge in [-0.3, -0.25) is 14.9 Å². The number of carboxylic acids is 1. The van der Waals surface area contributed by atoms with Crippen molar-refractivity contribution in [2.75, 3.05) is 26.1 Å². The highest BCUT2D eigenvalue weighted by molar-refractivity contribution is 5.86. The van der Waals surface area contributed by atoms with Crippen molar-refractivity contribution in [2.45, 2.75) is 26.8 Å². The SMILES string of the molecule is CCN(Cc1cc(NC(=O)OC)ccc1-c1cc(CC(=O)O)ccc1OC)C(C)=O. The monoisotopic (exact) mass is 414 g/mol. The van der Waals surface area contributed by atoms with E-state index in [-0.39, 0.29) is 12.3 Å². The Bertz CT molecular complexity index is 941. The number of methoxy groups -OCH3 is 2. The number of nitrogens with zero attached hydrogens (tertiary/aromatic N) is 1. The summed E-state index contributed by atoms with van der Waals surface area (Å²) in [6.45, 7) is 4.20. The molecule has 0 spiro atoms.